The number of carbonyl (C=O) groups is 1. The van der Waals surface area contributed by atoms with Crippen LogP contribution in [0, 0.1) is 0 Å². The number of ether oxygens (including phenoxy) is 4. The van der Waals surface area contributed by atoms with Gasteiger partial charge in [-0.05, 0) is 119 Å². The van der Waals surface area contributed by atoms with Crippen molar-refractivity contribution in [3.63, 3.8) is 0 Å². The molecule has 0 saturated heterocycles. The van der Waals surface area contributed by atoms with E-state index in [4.69, 9.17) is 111 Å². The Labute approximate surface area is 501 Å². The predicted molar refractivity (Wildman–Crippen MR) is 313 cm³/mol. The molecule has 0 amide bonds. The number of pyridine rings is 4. The maximum Gasteiger partial charge on any atom is 0.266 e. The van der Waals surface area contributed by atoms with E-state index < -0.39 is 34.9 Å². The van der Waals surface area contributed by atoms with Crippen molar-refractivity contribution in [3.8, 4) is 17.2 Å². The lowest BCUT2D eigenvalue weighted by Gasteiger charge is -2.24. The van der Waals surface area contributed by atoms with Gasteiger partial charge in [-0.25, -0.2) is 49.5 Å². The van der Waals surface area contributed by atoms with Crippen LogP contribution in [0.25, 0.3) is 0 Å². The molecule has 0 atom stereocenters. The summed E-state index contributed by atoms with van der Waals surface area (Å²) < 4.78 is 99.3. The minimum Gasteiger partial charge on any atom is -0.492 e. The number of hydrogen-bond donors (Lipinski definition) is 3. The van der Waals surface area contributed by atoms with Gasteiger partial charge in [-0.3, -0.25) is 9.52 Å². The summed E-state index contributed by atoms with van der Waals surface area (Å²) in [5.41, 5.74) is 11.8. The van der Waals surface area contributed by atoms with E-state index in [1.807, 2.05) is 0 Å². The zero-order chi connectivity index (χ0) is 58.1. The Hall–Kier alpha value is -4.67. The molecule has 0 aliphatic heterocycles. The van der Waals surface area contributed by atoms with E-state index in [1.54, 1.807) is 26.8 Å². The molecule has 0 spiro atoms. The minimum absolute atomic E-state index is 0.00396. The molecule has 418 valence electrons. The number of sulfonamides is 2. The van der Waals surface area contributed by atoms with Crippen molar-refractivity contribution in [2.45, 2.75) is 35.5 Å². The van der Waals surface area contributed by atoms with Crippen LogP contribution in [0.1, 0.15) is 36.8 Å². The third kappa shape index (κ3) is 19.0. The average Bonchev–Trinajstić information content (AvgIpc) is 3.41. The van der Waals surface area contributed by atoms with Gasteiger partial charge < -0.3 is 30.4 Å². The SMILES string of the molecule is CCOc1cc(S(=O)(=O)Cl)ccc1Cl.CCOc1cc(S(=O)(=O)N(COC)c2cc(Cl)cnc2Br)ccc1Cl.CCOc1cc(S(=O)(=O)Nc2cc(Cl)cnc2C(=O)c2ccnc(N)c2)ccc1Cl.Nc1cc(Cl)cnc1Br. The second-order valence-electron chi connectivity index (χ2n) is 14.7. The first-order valence-electron chi connectivity index (χ1n) is 21.7. The van der Waals surface area contributed by atoms with Gasteiger partial charge in [0.1, 0.15) is 44.7 Å². The van der Waals surface area contributed by atoms with Crippen LogP contribution in [-0.2, 0) is 33.8 Å². The molecule has 3 aromatic carbocycles. The Morgan fingerprint density at radius 1 is 0.615 bits per heavy atom. The van der Waals surface area contributed by atoms with Gasteiger partial charge in [0.25, 0.3) is 29.1 Å². The normalized spacial score (nSPS) is 11.1. The zero-order valence-electron chi connectivity index (χ0n) is 40.7. The highest BCUT2D eigenvalue weighted by Gasteiger charge is 2.29. The highest BCUT2D eigenvalue weighted by Crippen LogP contribution is 2.35. The van der Waals surface area contributed by atoms with Crippen LogP contribution in [0.3, 0.4) is 0 Å². The fourth-order valence-electron chi connectivity index (χ4n) is 5.89. The van der Waals surface area contributed by atoms with E-state index in [-0.39, 0.29) is 71.4 Å². The molecule has 0 radical (unpaired) electrons. The van der Waals surface area contributed by atoms with E-state index in [9.17, 15) is 30.0 Å². The van der Waals surface area contributed by atoms with E-state index >= 15 is 0 Å². The lowest BCUT2D eigenvalue weighted by atomic mass is 10.1. The number of nitrogens with one attached hydrogen (secondary N) is 1. The van der Waals surface area contributed by atoms with Gasteiger partial charge in [0.05, 0.1) is 81.7 Å². The van der Waals surface area contributed by atoms with Crippen LogP contribution >= 0.6 is 112 Å². The summed E-state index contributed by atoms with van der Waals surface area (Å²) >= 11 is 41.7. The van der Waals surface area contributed by atoms with Crippen molar-refractivity contribution in [2.24, 2.45) is 0 Å². The summed E-state index contributed by atoms with van der Waals surface area (Å²) in [5.74, 6) is 0.405. The van der Waals surface area contributed by atoms with Crippen LogP contribution < -0.4 is 34.7 Å². The molecule has 5 N–H and O–H groups in total. The molecule has 0 fully saturated rings. The van der Waals surface area contributed by atoms with Crippen LogP contribution in [0.5, 0.6) is 17.2 Å². The molecular weight excluding hydrogens is 1360 g/mol. The molecule has 0 unspecified atom stereocenters. The number of carbonyl (C=O) groups excluding carboxylic acids is 1. The number of benzene rings is 3. The third-order valence-corrected chi connectivity index (χ3v) is 16.6. The van der Waals surface area contributed by atoms with Gasteiger partial charge >= 0.3 is 0 Å². The number of aromatic nitrogens is 4. The fraction of sp³-hybridized carbons (Fsp3) is 0.170. The Bertz CT molecular complexity index is 3600. The molecule has 7 aromatic rings. The Morgan fingerprint density at radius 3 is 1.59 bits per heavy atom. The fourth-order valence-corrected chi connectivity index (χ4v) is 10.9. The number of hydrogen-bond acceptors (Lipinski definition) is 17. The van der Waals surface area contributed by atoms with Gasteiger partial charge in [0.2, 0.25) is 5.78 Å². The standard InChI is InChI=1S/C19H16Cl2N4O4S.C15H15BrCl2N2O4S.C8H8Cl2O3S.C5H4BrClN2/c1-2-29-16-9-13(3-4-14(16)21)30(27,28)25-15-8-12(20)10-24-18(15)19(26)11-5-6-23-17(22)7-11;1-3-24-14-7-11(4-5-12(14)18)25(21,22)20(9-23-2)13-6-10(17)8-19-15(13)16;1-2-13-8-5-6(14(10,11)12)3-4-7(8)9;6-5-4(8)1-3(7)2-9-5/h3-10,25H,2H2,1H3,(H2,22,23);4-8H,3,9H2,1-2H3;3-5H,2H2,1H3;1-2H,8H2. The topological polar surface area (TPSA) is 275 Å². The highest BCUT2D eigenvalue weighted by atomic mass is 79.9. The van der Waals surface area contributed by atoms with Crippen molar-refractivity contribution in [1.82, 2.24) is 19.9 Å². The van der Waals surface area contributed by atoms with Crippen molar-refractivity contribution < 1.29 is 49.0 Å². The average molecular weight is 1400 g/mol. The van der Waals surface area contributed by atoms with E-state index in [0.717, 1.165) is 4.31 Å². The number of nitrogen functional groups attached to an aromatic ring is 2. The summed E-state index contributed by atoms with van der Waals surface area (Å²) in [6, 6.07) is 19.5. The number of halogens is 9. The van der Waals surface area contributed by atoms with E-state index in [2.05, 4.69) is 56.5 Å². The van der Waals surface area contributed by atoms with Crippen molar-refractivity contribution >= 4 is 170 Å². The molecule has 4 heterocycles. The molecule has 0 saturated carbocycles. The minimum atomic E-state index is -4.11. The number of methoxy groups -OCH3 is 1. The predicted octanol–water partition coefficient (Wildman–Crippen LogP) is 12.9. The quantitative estimate of drug-likeness (QED) is 0.0331. The Kier molecular flexibility index (Phi) is 25.5. The largest absolute Gasteiger partial charge is 0.492 e. The Balaban J connectivity index is 0.000000244. The third-order valence-electron chi connectivity index (χ3n) is 9.28. The molecule has 0 aliphatic rings. The van der Waals surface area contributed by atoms with Gasteiger partial charge in [0.15, 0.2) is 0 Å². The van der Waals surface area contributed by atoms with Crippen LogP contribution in [0.2, 0.25) is 30.1 Å². The molecule has 4 aromatic heterocycles. The maximum absolute atomic E-state index is 13.1. The second kappa shape index (κ2) is 30.2. The molecule has 19 nitrogen and oxygen atoms in total. The molecule has 31 heteroatoms. The van der Waals surface area contributed by atoms with Gasteiger partial charge in [-0.15, -0.1) is 0 Å². The first-order valence-corrected chi connectivity index (χ1v) is 30.8. The van der Waals surface area contributed by atoms with Gasteiger partial charge in [0, 0.05) is 66.3 Å². The summed E-state index contributed by atoms with van der Waals surface area (Å²) in [6.45, 7) is 6.15. The number of nitrogens with two attached hydrogens (primary N) is 2. The van der Waals surface area contributed by atoms with Crippen LogP contribution in [-0.4, -0.2) is 84.6 Å². The summed E-state index contributed by atoms with van der Waals surface area (Å²) in [7, 11) is -5.26. The molecular formula is C47H43Br2Cl7N8O11S3. The number of anilines is 4. The van der Waals surface area contributed by atoms with E-state index in [1.165, 1.54) is 111 Å². The second-order valence-corrected chi connectivity index (χ2v) is 24.9. The van der Waals surface area contributed by atoms with Crippen molar-refractivity contribution in [1.29, 1.82) is 0 Å². The first-order chi connectivity index (χ1) is 36.7. The highest BCUT2D eigenvalue weighted by molar-refractivity contribution is 9.10. The monoisotopic (exact) mass is 1390 g/mol. The van der Waals surface area contributed by atoms with Crippen molar-refractivity contribution in [3.05, 3.63) is 160 Å². The molecule has 0 aliphatic carbocycles. The molecule has 78 heavy (non-hydrogen) atoms. The lowest BCUT2D eigenvalue weighted by Crippen LogP contribution is -2.33. The maximum atomic E-state index is 13.1. The lowest BCUT2D eigenvalue weighted by molar-refractivity contribution is 0.103. The summed E-state index contributed by atoms with van der Waals surface area (Å²) in [5, 5.41) is 1.94. The first kappa shape index (κ1) is 65.8. The number of ketones is 1. The number of nitrogens with zero attached hydrogens (tertiary/aromatic N) is 5. The summed E-state index contributed by atoms with van der Waals surface area (Å²) in [6.07, 6.45) is 5.54. The van der Waals surface area contributed by atoms with Crippen LogP contribution in [0.15, 0.2) is 134 Å². The van der Waals surface area contributed by atoms with Crippen molar-refractivity contribution in [2.75, 3.05) is 54.2 Å². The smallest absolute Gasteiger partial charge is 0.266 e. The van der Waals surface area contributed by atoms with Gasteiger partial charge in [-0.2, -0.15) is 0 Å². The number of rotatable bonds is 17. The van der Waals surface area contributed by atoms with E-state index in [0.29, 0.717) is 60.6 Å². The molecule has 7 rings (SSSR count). The van der Waals surface area contributed by atoms with Gasteiger partial charge in [-0.1, -0.05) is 69.6 Å². The summed E-state index contributed by atoms with van der Waals surface area (Å²) in [4.78, 5) is 28.5. The molecule has 0 bridgehead atoms. The Morgan fingerprint density at radius 2 is 1.09 bits per heavy atom. The van der Waals surface area contributed by atoms with Crippen LogP contribution in [0.4, 0.5) is 22.9 Å². The zero-order valence-corrected chi connectivity index (χ0v) is 51.6.